The van der Waals surface area contributed by atoms with Crippen molar-refractivity contribution in [2.75, 3.05) is 5.73 Å². The summed E-state index contributed by atoms with van der Waals surface area (Å²) in [7, 11) is 0. The van der Waals surface area contributed by atoms with Crippen LogP contribution in [0, 0.1) is 0 Å². The molecule has 0 saturated heterocycles. The van der Waals surface area contributed by atoms with E-state index in [1.165, 1.54) is 5.56 Å². The van der Waals surface area contributed by atoms with Gasteiger partial charge in [-0.05, 0) is 39.2 Å². The minimum Gasteiger partial charge on any atom is -0.383 e. The monoisotopic (exact) mass is 367 g/mol. The zero-order valence-corrected chi connectivity index (χ0v) is 15.9. The fraction of sp³-hybridized carbons (Fsp3) is 0.450. The number of hydrogen-bond acceptors (Lipinski definition) is 6. The molecule has 0 spiro atoms. The van der Waals surface area contributed by atoms with Gasteiger partial charge in [0.25, 0.3) is 0 Å². The van der Waals surface area contributed by atoms with Crippen LogP contribution in [0.1, 0.15) is 51.0 Å². The van der Waals surface area contributed by atoms with Gasteiger partial charge in [0, 0.05) is 5.92 Å². The van der Waals surface area contributed by atoms with Crippen molar-refractivity contribution in [3.05, 3.63) is 48.0 Å². The molecule has 3 aromatic rings. The van der Waals surface area contributed by atoms with Crippen LogP contribution in [0.3, 0.4) is 0 Å². The van der Waals surface area contributed by atoms with Crippen molar-refractivity contribution in [3.63, 3.8) is 0 Å². The smallest absolute Gasteiger partial charge is 0.230 e. The molecular weight excluding hydrogens is 342 g/mol. The summed E-state index contributed by atoms with van der Waals surface area (Å²) in [6, 6.07) is 10.2. The van der Waals surface area contributed by atoms with Crippen molar-refractivity contribution in [3.8, 4) is 11.4 Å². The Morgan fingerprint density at radius 3 is 2.63 bits per heavy atom. The van der Waals surface area contributed by atoms with Crippen LogP contribution in [0.25, 0.3) is 11.4 Å². The predicted molar refractivity (Wildman–Crippen MR) is 102 cm³/mol. The SMILES string of the molecule is CC(C)(C)n1ncc(-c2noc(C3CC(OCc4ccccc4)C3)n2)c1N. The highest BCUT2D eigenvalue weighted by Crippen LogP contribution is 2.39. The Hall–Kier alpha value is -2.67. The second-order valence-electron chi connectivity index (χ2n) is 8.07. The van der Waals surface area contributed by atoms with Gasteiger partial charge in [-0.15, -0.1) is 0 Å². The number of benzene rings is 1. The fourth-order valence-corrected chi connectivity index (χ4v) is 3.27. The Morgan fingerprint density at radius 1 is 1.22 bits per heavy atom. The highest BCUT2D eigenvalue weighted by atomic mass is 16.5. The van der Waals surface area contributed by atoms with Gasteiger partial charge in [-0.2, -0.15) is 10.1 Å². The molecule has 2 N–H and O–H groups in total. The first-order valence-corrected chi connectivity index (χ1v) is 9.25. The molecule has 0 amide bonds. The molecule has 7 nitrogen and oxygen atoms in total. The molecule has 0 aliphatic heterocycles. The maximum absolute atomic E-state index is 6.23. The molecule has 0 radical (unpaired) electrons. The van der Waals surface area contributed by atoms with Crippen molar-refractivity contribution in [1.82, 2.24) is 19.9 Å². The molecule has 2 aromatic heterocycles. The van der Waals surface area contributed by atoms with Crippen LogP contribution in [-0.4, -0.2) is 26.0 Å². The lowest BCUT2D eigenvalue weighted by Crippen LogP contribution is -2.29. The standard InChI is InChI=1S/C20H25N5O2/c1-20(2,3)25-17(21)16(11-22-25)18-23-19(27-24-18)14-9-15(10-14)26-12-13-7-5-4-6-8-13/h4-8,11,14-15H,9-10,12,21H2,1-3H3. The molecule has 4 rings (SSSR count). The summed E-state index contributed by atoms with van der Waals surface area (Å²) in [5.41, 5.74) is 7.92. The summed E-state index contributed by atoms with van der Waals surface area (Å²) in [5.74, 6) is 1.93. The minimum atomic E-state index is -0.202. The van der Waals surface area contributed by atoms with E-state index in [9.17, 15) is 0 Å². The van der Waals surface area contributed by atoms with Crippen molar-refractivity contribution in [1.29, 1.82) is 0 Å². The van der Waals surface area contributed by atoms with E-state index >= 15 is 0 Å². The molecule has 1 fully saturated rings. The van der Waals surface area contributed by atoms with Crippen LogP contribution in [0.15, 0.2) is 41.1 Å². The van der Waals surface area contributed by atoms with E-state index in [0.717, 1.165) is 12.8 Å². The van der Waals surface area contributed by atoms with Gasteiger partial charge in [0.15, 0.2) is 0 Å². The summed E-state index contributed by atoms with van der Waals surface area (Å²) in [6.07, 6.45) is 3.72. The summed E-state index contributed by atoms with van der Waals surface area (Å²) in [4.78, 5) is 4.54. The van der Waals surface area contributed by atoms with E-state index in [2.05, 4.69) is 27.4 Å². The highest BCUT2D eigenvalue weighted by molar-refractivity contribution is 5.67. The molecule has 1 aromatic carbocycles. The van der Waals surface area contributed by atoms with Gasteiger partial charge in [0.1, 0.15) is 5.82 Å². The molecule has 1 aliphatic carbocycles. The lowest BCUT2D eigenvalue weighted by Gasteiger charge is -2.32. The molecule has 2 heterocycles. The van der Waals surface area contributed by atoms with Gasteiger partial charge in [-0.1, -0.05) is 35.5 Å². The number of hydrogen-bond donors (Lipinski definition) is 1. The van der Waals surface area contributed by atoms with E-state index < -0.39 is 0 Å². The molecule has 0 atom stereocenters. The molecule has 7 heteroatoms. The zero-order valence-electron chi connectivity index (χ0n) is 15.9. The summed E-state index contributed by atoms with van der Waals surface area (Å²) >= 11 is 0. The van der Waals surface area contributed by atoms with Gasteiger partial charge in [0.2, 0.25) is 11.7 Å². The highest BCUT2D eigenvalue weighted by Gasteiger charge is 2.35. The molecule has 1 saturated carbocycles. The van der Waals surface area contributed by atoms with Gasteiger partial charge in [0.05, 0.1) is 30.0 Å². The minimum absolute atomic E-state index is 0.202. The van der Waals surface area contributed by atoms with Crippen molar-refractivity contribution < 1.29 is 9.26 Å². The van der Waals surface area contributed by atoms with E-state index in [0.29, 0.717) is 29.7 Å². The quantitative estimate of drug-likeness (QED) is 0.739. The topological polar surface area (TPSA) is 92.0 Å². The van der Waals surface area contributed by atoms with Crippen LogP contribution >= 0.6 is 0 Å². The zero-order chi connectivity index (χ0) is 19.0. The predicted octanol–water partition coefficient (Wildman–Crippen LogP) is 3.73. The molecule has 1 aliphatic rings. The first-order valence-electron chi connectivity index (χ1n) is 9.25. The van der Waals surface area contributed by atoms with E-state index in [1.807, 2.05) is 39.0 Å². The summed E-state index contributed by atoms with van der Waals surface area (Å²) < 4.78 is 13.2. The third kappa shape index (κ3) is 3.60. The van der Waals surface area contributed by atoms with E-state index in [4.69, 9.17) is 15.0 Å². The van der Waals surface area contributed by atoms with Crippen molar-refractivity contribution >= 4 is 5.82 Å². The summed E-state index contributed by atoms with van der Waals surface area (Å²) in [5, 5.41) is 8.47. The maximum Gasteiger partial charge on any atom is 0.230 e. The van der Waals surface area contributed by atoms with Crippen LogP contribution in [0.4, 0.5) is 5.82 Å². The molecule has 142 valence electrons. The Labute approximate surface area is 158 Å². The second-order valence-corrected chi connectivity index (χ2v) is 8.07. The van der Waals surface area contributed by atoms with E-state index in [-0.39, 0.29) is 17.6 Å². The number of aromatic nitrogens is 4. The maximum atomic E-state index is 6.23. The molecule has 0 unspecified atom stereocenters. The van der Waals surface area contributed by atoms with Crippen LogP contribution in [0.5, 0.6) is 0 Å². The Balaban J connectivity index is 1.37. The van der Waals surface area contributed by atoms with Gasteiger partial charge in [-0.25, -0.2) is 4.68 Å². The Morgan fingerprint density at radius 2 is 1.96 bits per heavy atom. The lowest BCUT2D eigenvalue weighted by atomic mass is 9.82. The number of nitrogens with zero attached hydrogens (tertiary/aromatic N) is 4. The fourth-order valence-electron chi connectivity index (χ4n) is 3.27. The summed E-state index contributed by atoms with van der Waals surface area (Å²) in [6.45, 7) is 6.78. The number of nitrogen functional groups attached to an aromatic ring is 1. The first-order chi connectivity index (χ1) is 12.9. The first kappa shape index (κ1) is 17.7. The third-order valence-electron chi connectivity index (χ3n) is 4.90. The van der Waals surface area contributed by atoms with Crippen LogP contribution in [-0.2, 0) is 16.9 Å². The largest absolute Gasteiger partial charge is 0.383 e. The normalized spacial score (nSPS) is 19.8. The molecular formula is C20H25N5O2. The third-order valence-corrected chi connectivity index (χ3v) is 4.90. The van der Waals surface area contributed by atoms with Crippen molar-refractivity contribution in [2.24, 2.45) is 0 Å². The average molecular weight is 367 g/mol. The lowest BCUT2D eigenvalue weighted by molar-refractivity contribution is -0.0263. The van der Waals surface area contributed by atoms with Crippen LogP contribution in [0.2, 0.25) is 0 Å². The van der Waals surface area contributed by atoms with Gasteiger partial charge in [-0.3, -0.25) is 0 Å². The number of ether oxygens (including phenoxy) is 1. The molecule has 27 heavy (non-hydrogen) atoms. The van der Waals surface area contributed by atoms with Crippen LogP contribution < -0.4 is 5.73 Å². The van der Waals surface area contributed by atoms with E-state index in [1.54, 1.807) is 10.9 Å². The molecule has 0 bridgehead atoms. The van der Waals surface area contributed by atoms with Gasteiger partial charge >= 0.3 is 0 Å². The van der Waals surface area contributed by atoms with Gasteiger partial charge < -0.3 is 15.0 Å². The second kappa shape index (κ2) is 6.81. The average Bonchev–Trinajstić information content (AvgIpc) is 3.20. The Kier molecular flexibility index (Phi) is 4.47. The number of rotatable bonds is 5. The number of nitrogens with two attached hydrogens (primary N) is 1. The number of anilines is 1. The van der Waals surface area contributed by atoms with Crippen molar-refractivity contribution in [2.45, 2.75) is 57.8 Å². The Bertz CT molecular complexity index is 904.